The third-order valence-electron chi connectivity index (χ3n) is 8.91. The Morgan fingerprint density at radius 1 is 0.775 bits per heavy atom. The first-order valence-corrected chi connectivity index (χ1v) is 15.5. The second-order valence-corrected chi connectivity index (χ2v) is 12.0. The molecule has 0 aromatic heterocycles. The number of hydrogen-bond donors (Lipinski definition) is 0. The fourth-order valence-corrected chi connectivity index (χ4v) is 6.30. The predicted octanol–water partition coefficient (Wildman–Crippen LogP) is 10.0. The molecule has 3 nitrogen and oxygen atoms in total. The Morgan fingerprint density at radius 3 is 1.95 bits per heavy atom. The Kier molecular flexibility index (Phi) is 11.4. The first-order valence-electron chi connectivity index (χ1n) is 15.5. The van der Waals surface area contributed by atoms with Gasteiger partial charge in [-0.2, -0.15) is 0 Å². The van der Waals surface area contributed by atoms with Gasteiger partial charge in [-0.15, -0.1) is 0 Å². The summed E-state index contributed by atoms with van der Waals surface area (Å²) in [5.41, 5.74) is 1.09. The number of ether oxygens (including phenoxy) is 2. The SMILES string of the molecule is CCCCCCCCOc1ccc(C(=O)OC2CCC(c3ccc(C4CCC(C)CC4)c(F)c3F)CC2)cc1F. The summed E-state index contributed by atoms with van der Waals surface area (Å²) in [5.74, 6) is -1.77. The Morgan fingerprint density at radius 2 is 1.35 bits per heavy atom. The zero-order valence-corrected chi connectivity index (χ0v) is 24.2. The Balaban J connectivity index is 1.24. The largest absolute Gasteiger partial charge is 0.491 e. The van der Waals surface area contributed by atoms with E-state index in [0.29, 0.717) is 49.3 Å². The summed E-state index contributed by atoms with van der Waals surface area (Å²) in [4.78, 5) is 12.7. The molecule has 0 spiro atoms. The second kappa shape index (κ2) is 14.9. The molecule has 2 aliphatic rings. The van der Waals surface area contributed by atoms with Crippen molar-refractivity contribution < 1.29 is 27.4 Å². The lowest BCUT2D eigenvalue weighted by atomic mass is 9.77. The summed E-state index contributed by atoms with van der Waals surface area (Å²) in [7, 11) is 0. The number of benzene rings is 2. The maximum atomic E-state index is 15.1. The highest BCUT2D eigenvalue weighted by molar-refractivity contribution is 5.89. The molecule has 2 aliphatic carbocycles. The minimum Gasteiger partial charge on any atom is -0.491 e. The molecule has 220 valence electrons. The molecule has 2 aromatic carbocycles. The van der Waals surface area contributed by atoms with Crippen molar-refractivity contribution in [2.45, 2.75) is 122 Å². The van der Waals surface area contributed by atoms with Crippen LogP contribution in [0.25, 0.3) is 0 Å². The van der Waals surface area contributed by atoms with Crippen LogP contribution >= 0.6 is 0 Å². The van der Waals surface area contributed by atoms with Crippen molar-refractivity contribution in [3.05, 3.63) is 64.5 Å². The van der Waals surface area contributed by atoms with E-state index in [4.69, 9.17) is 9.47 Å². The second-order valence-electron chi connectivity index (χ2n) is 12.0. The maximum absolute atomic E-state index is 15.1. The van der Waals surface area contributed by atoms with Crippen molar-refractivity contribution in [2.24, 2.45) is 5.92 Å². The number of esters is 1. The van der Waals surface area contributed by atoms with E-state index >= 15 is 8.78 Å². The predicted molar refractivity (Wildman–Crippen MR) is 152 cm³/mol. The van der Waals surface area contributed by atoms with Crippen LogP contribution in [0.3, 0.4) is 0 Å². The topological polar surface area (TPSA) is 35.5 Å². The van der Waals surface area contributed by atoms with Gasteiger partial charge in [-0.1, -0.05) is 70.9 Å². The molecule has 0 heterocycles. The van der Waals surface area contributed by atoms with Crippen LogP contribution in [0.1, 0.15) is 137 Å². The molecule has 0 radical (unpaired) electrons. The zero-order valence-electron chi connectivity index (χ0n) is 24.2. The molecule has 0 atom stereocenters. The van der Waals surface area contributed by atoms with Crippen molar-refractivity contribution in [3.63, 3.8) is 0 Å². The van der Waals surface area contributed by atoms with Gasteiger partial charge in [-0.25, -0.2) is 18.0 Å². The van der Waals surface area contributed by atoms with E-state index in [9.17, 15) is 9.18 Å². The van der Waals surface area contributed by atoms with Gasteiger partial charge in [-0.3, -0.25) is 0 Å². The number of rotatable bonds is 12. The smallest absolute Gasteiger partial charge is 0.338 e. The highest BCUT2D eigenvalue weighted by atomic mass is 19.2. The van der Waals surface area contributed by atoms with Gasteiger partial charge in [0.2, 0.25) is 0 Å². The fraction of sp³-hybridized carbons (Fsp3) is 0.618. The van der Waals surface area contributed by atoms with Crippen molar-refractivity contribution in [2.75, 3.05) is 6.61 Å². The van der Waals surface area contributed by atoms with Crippen LogP contribution in [0, 0.1) is 23.4 Å². The van der Waals surface area contributed by atoms with E-state index in [0.717, 1.165) is 51.0 Å². The summed E-state index contributed by atoms with van der Waals surface area (Å²) in [5, 5.41) is 0. The van der Waals surface area contributed by atoms with E-state index < -0.39 is 23.4 Å². The molecule has 0 unspecified atom stereocenters. The number of carbonyl (C=O) groups is 1. The monoisotopic (exact) mass is 558 g/mol. The number of hydrogen-bond acceptors (Lipinski definition) is 3. The minimum atomic E-state index is -0.717. The van der Waals surface area contributed by atoms with E-state index in [-0.39, 0.29) is 29.3 Å². The standard InChI is InChI=1S/C34H45F3O3/c1-3-4-5-6-7-8-21-39-31-20-15-26(22-30(31)35)34(38)40-27-16-13-25(14-17-27)29-19-18-28(32(36)33(29)37)24-11-9-23(2)10-12-24/h15,18-20,22-25,27H,3-14,16-17,21H2,1-2H3. The molecule has 6 heteroatoms. The lowest BCUT2D eigenvalue weighted by Crippen LogP contribution is -2.24. The maximum Gasteiger partial charge on any atom is 0.338 e. The first kappa shape index (κ1) is 30.5. The summed E-state index contributed by atoms with van der Waals surface area (Å²) in [6.07, 6.45) is 12.7. The highest BCUT2D eigenvalue weighted by Crippen LogP contribution is 2.41. The van der Waals surface area contributed by atoms with Gasteiger partial charge in [0.25, 0.3) is 0 Å². The third-order valence-corrected chi connectivity index (χ3v) is 8.91. The molecule has 0 bridgehead atoms. The Hall–Kier alpha value is -2.50. The molecule has 4 rings (SSSR count). The lowest BCUT2D eigenvalue weighted by Gasteiger charge is -2.30. The van der Waals surface area contributed by atoms with Gasteiger partial charge in [0.15, 0.2) is 23.2 Å². The van der Waals surface area contributed by atoms with Crippen LogP contribution in [0.5, 0.6) is 5.75 Å². The zero-order chi connectivity index (χ0) is 28.5. The molecule has 0 saturated heterocycles. The average molecular weight is 559 g/mol. The van der Waals surface area contributed by atoms with Gasteiger partial charge >= 0.3 is 5.97 Å². The minimum absolute atomic E-state index is 0.0979. The quantitative estimate of drug-likeness (QED) is 0.192. The average Bonchev–Trinajstić information content (AvgIpc) is 2.96. The summed E-state index contributed by atoms with van der Waals surface area (Å²) < 4.78 is 55.9. The summed E-state index contributed by atoms with van der Waals surface area (Å²) in [6, 6.07) is 7.73. The molecule has 2 saturated carbocycles. The van der Waals surface area contributed by atoms with E-state index in [1.807, 2.05) is 0 Å². The summed E-state index contributed by atoms with van der Waals surface area (Å²) in [6.45, 7) is 4.84. The van der Waals surface area contributed by atoms with Gasteiger partial charge < -0.3 is 9.47 Å². The normalized spacial score (nSPS) is 23.1. The van der Waals surface area contributed by atoms with Crippen molar-refractivity contribution >= 4 is 5.97 Å². The first-order chi connectivity index (χ1) is 19.4. The third kappa shape index (κ3) is 8.04. The van der Waals surface area contributed by atoms with E-state index in [1.54, 1.807) is 12.1 Å². The molecule has 40 heavy (non-hydrogen) atoms. The van der Waals surface area contributed by atoms with Crippen LogP contribution in [-0.4, -0.2) is 18.7 Å². The van der Waals surface area contributed by atoms with Crippen molar-refractivity contribution in [3.8, 4) is 5.75 Å². The highest BCUT2D eigenvalue weighted by Gasteiger charge is 2.30. The fourth-order valence-electron chi connectivity index (χ4n) is 6.30. The van der Waals surface area contributed by atoms with Crippen LogP contribution in [0.2, 0.25) is 0 Å². The van der Waals surface area contributed by atoms with Gasteiger partial charge in [0, 0.05) is 0 Å². The van der Waals surface area contributed by atoms with Crippen LogP contribution in [-0.2, 0) is 4.74 Å². The van der Waals surface area contributed by atoms with E-state index in [2.05, 4.69) is 13.8 Å². The molecule has 0 amide bonds. The van der Waals surface area contributed by atoms with Crippen LogP contribution in [0.4, 0.5) is 13.2 Å². The number of unbranched alkanes of at least 4 members (excludes halogenated alkanes) is 5. The van der Waals surface area contributed by atoms with E-state index in [1.165, 1.54) is 31.4 Å². The molecular formula is C34H45F3O3. The lowest BCUT2D eigenvalue weighted by molar-refractivity contribution is 0.0193. The molecule has 2 fully saturated rings. The molecular weight excluding hydrogens is 513 g/mol. The van der Waals surface area contributed by atoms with Crippen molar-refractivity contribution in [1.82, 2.24) is 0 Å². The van der Waals surface area contributed by atoms with Gasteiger partial charge in [0.1, 0.15) is 6.10 Å². The van der Waals surface area contributed by atoms with Crippen molar-refractivity contribution in [1.29, 1.82) is 0 Å². The van der Waals surface area contributed by atoms with Crippen LogP contribution in [0.15, 0.2) is 30.3 Å². The van der Waals surface area contributed by atoms with Gasteiger partial charge in [-0.05, 0) is 92.0 Å². The molecule has 0 N–H and O–H groups in total. The summed E-state index contributed by atoms with van der Waals surface area (Å²) >= 11 is 0. The molecule has 2 aromatic rings. The Labute approximate surface area is 237 Å². The number of carbonyl (C=O) groups excluding carboxylic acids is 1. The Bertz CT molecular complexity index is 1100. The molecule has 0 aliphatic heterocycles. The van der Waals surface area contributed by atoms with Gasteiger partial charge in [0.05, 0.1) is 12.2 Å². The van der Waals surface area contributed by atoms with Crippen LogP contribution < -0.4 is 4.74 Å². The number of halogens is 3.